The Morgan fingerprint density at radius 3 is 2.33 bits per heavy atom. The van der Waals surface area contributed by atoms with Crippen LogP contribution in [0.1, 0.15) is 25.2 Å². The number of hydrogen-bond donors (Lipinski definition) is 1. The van der Waals surface area contributed by atoms with Crippen LogP contribution in [0, 0.1) is 13.8 Å². The summed E-state index contributed by atoms with van der Waals surface area (Å²) < 4.78 is 27.2. The first-order valence-electron chi connectivity index (χ1n) is 4.95. The standard InChI is InChI=1S/C9H17N3O2S/c1-5-12-8(4)9(7(3)10-12)11-15(13,14)6-2/h11H,5-6H2,1-4H3. The van der Waals surface area contributed by atoms with E-state index in [0.717, 1.165) is 12.2 Å². The van der Waals surface area contributed by atoms with Gasteiger partial charge in [-0.2, -0.15) is 5.10 Å². The number of nitrogens with one attached hydrogen (secondary N) is 1. The van der Waals surface area contributed by atoms with Gasteiger partial charge in [-0.05, 0) is 27.7 Å². The monoisotopic (exact) mass is 231 g/mol. The third-order valence-electron chi connectivity index (χ3n) is 2.32. The van der Waals surface area contributed by atoms with Gasteiger partial charge in [0.2, 0.25) is 10.0 Å². The zero-order chi connectivity index (χ0) is 11.6. The molecule has 0 aromatic carbocycles. The first-order chi connectivity index (χ1) is 6.91. The molecule has 0 aliphatic carbocycles. The van der Waals surface area contributed by atoms with Gasteiger partial charge in [-0.3, -0.25) is 9.40 Å². The molecule has 1 rings (SSSR count). The molecule has 0 aliphatic heterocycles. The van der Waals surface area contributed by atoms with Gasteiger partial charge in [0.1, 0.15) is 0 Å². The number of aromatic nitrogens is 2. The predicted octanol–water partition coefficient (Wildman–Crippen LogP) is 1.28. The molecule has 1 aromatic heterocycles. The van der Waals surface area contributed by atoms with E-state index >= 15 is 0 Å². The van der Waals surface area contributed by atoms with E-state index in [1.54, 1.807) is 18.5 Å². The highest BCUT2D eigenvalue weighted by atomic mass is 32.2. The van der Waals surface area contributed by atoms with Crippen molar-refractivity contribution in [2.75, 3.05) is 10.5 Å². The van der Waals surface area contributed by atoms with Gasteiger partial charge in [-0.25, -0.2) is 8.42 Å². The Balaban J connectivity index is 3.11. The highest BCUT2D eigenvalue weighted by molar-refractivity contribution is 7.92. The van der Waals surface area contributed by atoms with Crippen molar-refractivity contribution in [2.24, 2.45) is 0 Å². The van der Waals surface area contributed by atoms with Gasteiger partial charge in [0, 0.05) is 6.54 Å². The Bertz CT molecular complexity index is 448. The van der Waals surface area contributed by atoms with Crippen LogP contribution in [-0.4, -0.2) is 24.0 Å². The SMILES string of the molecule is CCn1nc(C)c(NS(=O)(=O)CC)c1C. The molecule has 0 fully saturated rings. The molecule has 0 amide bonds. The largest absolute Gasteiger partial charge is 0.280 e. The molecule has 0 spiro atoms. The van der Waals surface area contributed by atoms with E-state index in [1.165, 1.54) is 0 Å². The van der Waals surface area contributed by atoms with E-state index in [2.05, 4.69) is 9.82 Å². The lowest BCUT2D eigenvalue weighted by Crippen LogP contribution is -2.15. The molecular weight excluding hydrogens is 214 g/mol. The summed E-state index contributed by atoms with van der Waals surface area (Å²) in [6.07, 6.45) is 0. The number of rotatable bonds is 4. The van der Waals surface area contributed by atoms with Gasteiger partial charge in [0.15, 0.2) is 0 Å². The predicted molar refractivity (Wildman–Crippen MR) is 60.5 cm³/mol. The Labute approximate surface area is 90.5 Å². The van der Waals surface area contributed by atoms with Crippen molar-refractivity contribution < 1.29 is 8.42 Å². The van der Waals surface area contributed by atoms with Crippen molar-refractivity contribution in [1.82, 2.24) is 9.78 Å². The molecule has 0 saturated carbocycles. The van der Waals surface area contributed by atoms with Gasteiger partial charge < -0.3 is 0 Å². The average Bonchev–Trinajstić information content (AvgIpc) is 2.45. The van der Waals surface area contributed by atoms with Crippen molar-refractivity contribution in [3.05, 3.63) is 11.4 Å². The van der Waals surface area contributed by atoms with Crippen molar-refractivity contribution >= 4 is 15.7 Å². The lowest BCUT2D eigenvalue weighted by atomic mass is 10.3. The molecule has 1 N–H and O–H groups in total. The van der Waals surface area contributed by atoms with Crippen LogP contribution in [0.2, 0.25) is 0 Å². The molecule has 5 nitrogen and oxygen atoms in total. The molecule has 0 saturated heterocycles. The van der Waals surface area contributed by atoms with Crippen LogP contribution in [0.3, 0.4) is 0 Å². The molecule has 0 aliphatic rings. The van der Waals surface area contributed by atoms with Crippen molar-refractivity contribution in [3.63, 3.8) is 0 Å². The fraction of sp³-hybridized carbons (Fsp3) is 0.667. The zero-order valence-electron chi connectivity index (χ0n) is 9.53. The topological polar surface area (TPSA) is 64.0 Å². The first-order valence-corrected chi connectivity index (χ1v) is 6.61. The highest BCUT2D eigenvalue weighted by Gasteiger charge is 2.15. The van der Waals surface area contributed by atoms with Crippen LogP contribution in [0.5, 0.6) is 0 Å². The average molecular weight is 231 g/mol. The van der Waals surface area contributed by atoms with Crippen LogP contribution >= 0.6 is 0 Å². The molecule has 0 atom stereocenters. The minimum Gasteiger partial charge on any atom is -0.280 e. The third kappa shape index (κ3) is 2.50. The van der Waals surface area contributed by atoms with E-state index in [1.807, 2.05) is 13.8 Å². The maximum atomic E-state index is 11.4. The van der Waals surface area contributed by atoms with E-state index in [-0.39, 0.29) is 5.75 Å². The summed E-state index contributed by atoms with van der Waals surface area (Å²) >= 11 is 0. The Morgan fingerprint density at radius 2 is 1.93 bits per heavy atom. The summed E-state index contributed by atoms with van der Waals surface area (Å²) in [6.45, 7) is 7.97. The van der Waals surface area contributed by atoms with Gasteiger partial charge >= 0.3 is 0 Å². The van der Waals surface area contributed by atoms with Gasteiger partial charge in [0.25, 0.3) is 0 Å². The molecule has 86 valence electrons. The van der Waals surface area contributed by atoms with E-state index in [4.69, 9.17) is 0 Å². The van der Waals surface area contributed by atoms with Crippen LogP contribution in [0.25, 0.3) is 0 Å². The molecule has 1 heterocycles. The van der Waals surface area contributed by atoms with Gasteiger partial charge in [0.05, 0.1) is 22.8 Å². The van der Waals surface area contributed by atoms with Gasteiger partial charge in [-0.1, -0.05) is 0 Å². The smallest absolute Gasteiger partial charge is 0.232 e. The summed E-state index contributed by atoms with van der Waals surface area (Å²) in [6, 6.07) is 0. The summed E-state index contributed by atoms with van der Waals surface area (Å²) in [5.41, 5.74) is 2.18. The Kier molecular flexibility index (Phi) is 3.38. The number of sulfonamides is 1. The maximum Gasteiger partial charge on any atom is 0.232 e. The molecule has 6 heteroatoms. The van der Waals surface area contributed by atoms with Crippen LogP contribution in [-0.2, 0) is 16.6 Å². The fourth-order valence-corrected chi connectivity index (χ4v) is 2.13. The molecule has 1 aromatic rings. The third-order valence-corrected chi connectivity index (χ3v) is 3.59. The molecule has 0 radical (unpaired) electrons. The second-order valence-electron chi connectivity index (χ2n) is 3.37. The molecule has 0 bridgehead atoms. The first kappa shape index (κ1) is 12.0. The highest BCUT2D eigenvalue weighted by Crippen LogP contribution is 2.20. The van der Waals surface area contributed by atoms with Crippen molar-refractivity contribution in [3.8, 4) is 0 Å². The summed E-state index contributed by atoms with van der Waals surface area (Å²) in [5, 5.41) is 4.24. The lowest BCUT2D eigenvalue weighted by molar-refractivity contribution is 0.602. The second kappa shape index (κ2) is 4.22. The Morgan fingerprint density at radius 1 is 1.33 bits per heavy atom. The van der Waals surface area contributed by atoms with Crippen LogP contribution in [0.4, 0.5) is 5.69 Å². The Hall–Kier alpha value is -1.04. The quantitative estimate of drug-likeness (QED) is 0.849. The fourth-order valence-electron chi connectivity index (χ4n) is 1.38. The summed E-state index contributed by atoms with van der Waals surface area (Å²) in [4.78, 5) is 0. The second-order valence-corrected chi connectivity index (χ2v) is 5.38. The van der Waals surface area contributed by atoms with Crippen LogP contribution in [0.15, 0.2) is 0 Å². The molecule has 15 heavy (non-hydrogen) atoms. The number of aryl methyl sites for hydroxylation is 2. The van der Waals surface area contributed by atoms with Crippen molar-refractivity contribution in [1.29, 1.82) is 0 Å². The van der Waals surface area contributed by atoms with E-state index < -0.39 is 10.0 Å². The van der Waals surface area contributed by atoms with Crippen molar-refractivity contribution in [2.45, 2.75) is 34.2 Å². The number of anilines is 1. The number of nitrogens with zero attached hydrogens (tertiary/aromatic N) is 2. The molecular formula is C9H17N3O2S. The lowest BCUT2D eigenvalue weighted by Gasteiger charge is -2.06. The van der Waals surface area contributed by atoms with Gasteiger partial charge in [-0.15, -0.1) is 0 Å². The normalized spacial score (nSPS) is 11.7. The minimum absolute atomic E-state index is 0.0726. The van der Waals surface area contributed by atoms with E-state index in [9.17, 15) is 8.42 Å². The summed E-state index contributed by atoms with van der Waals surface area (Å²) in [7, 11) is -3.22. The van der Waals surface area contributed by atoms with E-state index in [0.29, 0.717) is 11.4 Å². The molecule has 0 unspecified atom stereocenters. The minimum atomic E-state index is -3.22. The number of hydrogen-bond acceptors (Lipinski definition) is 3. The summed E-state index contributed by atoms with van der Waals surface area (Å²) in [5.74, 6) is 0.0726. The zero-order valence-corrected chi connectivity index (χ0v) is 10.3. The maximum absolute atomic E-state index is 11.4. The van der Waals surface area contributed by atoms with Crippen LogP contribution < -0.4 is 4.72 Å².